The van der Waals surface area contributed by atoms with Gasteiger partial charge in [0.1, 0.15) is 22.8 Å². The molecule has 38 heavy (non-hydrogen) atoms. The van der Waals surface area contributed by atoms with Gasteiger partial charge in [0.15, 0.2) is 6.17 Å². The maximum atomic E-state index is 6.23. The average Bonchev–Trinajstić information content (AvgIpc) is 3.38. The average molecular weight is 492 g/mol. The Morgan fingerprint density at radius 3 is 1.74 bits per heavy atom. The van der Waals surface area contributed by atoms with Gasteiger partial charge in [-0.25, -0.2) is 9.98 Å². The van der Waals surface area contributed by atoms with Crippen LogP contribution in [0, 0.1) is 6.92 Å². The normalized spacial score (nSPS) is 15.2. The molecule has 6 aromatic rings. The molecular weight excluding hydrogens is 466 g/mol. The molecule has 0 bridgehead atoms. The molecule has 0 fully saturated rings. The minimum Gasteiger partial charge on any atom is -0.456 e. The number of aryl methyl sites for hydroxylation is 1. The fourth-order valence-corrected chi connectivity index (χ4v) is 5.21. The van der Waals surface area contributed by atoms with E-state index in [-0.39, 0.29) is 0 Å². The Bertz CT molecular complexity index is 1830. The van der Waals surface area contributed by atoms with Gasteiger partial charge in [0.05, 0.1) is 0 Å². The lowest BCUT2D eigenvalue weighted by atomic mass is 10.0. The third kappa shape index (κ3) is 3.87. The van der Waals surface area contributed by atoms with E-state index in [1.807, 2.05) is 48.5 Å². The number of rotatable bonds is 4. The van der Waals surface area contributed by atoms with E-state index in [1.54, 1.807) is 0 Å². The Kier molecular flexibility index (Phi) is 5.37. The molecule has 0 saturated carbocycles. The summed E-state index contributed by atoms with van der Waals surface area (Å²) in [4.78, 5) is 10.2. The van der Waals surface area contributed by atoms with E-state index in [0.29, 0.717) is 0 Å². The number of hydrogen-bond donors (Lipinski definition) is 1. The molecule has 0 spiro atoms. The second kappa shape index (κ2) is 9.16. The molecule has 1 atom stereocenters. The zero-order valence-corrected chi connectivity index (χ0v) is 20.9. The number of fused-ring (bicyclic) bond motifs is 3. The molecule has 0 radical (unpaired) electrons. The molecule has 1 aliphatic heterocycles. The molecule has 1 N–H and O–H groups in total. The SMILES string of the molecule is Cc1cccc2oc3cccc(C4N=C(c5ccccc5)NC(c5ccc(-c6ccccc6)cc5)=N4)c3c12. The molecule has 182 valence electrons. The zero-order valence-electron chi connectivity index (χ0n) is 20.9. The van der Waals surface area contributed by atoms with E-state index in [4.69, 9.17) is 14.4 Å². The van der Waals surface area contributed by atoms with Crippen LogP contribution in [0.25, 0.3) is 33.1 Å². The third-order valence-electron chi connectivity index (χ3n) is 7.09. The molecule has 4 nitrogen and oxygen atoms in total. The maximum absolute atomic E-state index is 6.23. The van der Waals surface area contributed by atoms with Crippen molar-refractivity contribution in [3.63, 3.8) is 0 Å². The van der Waals surface area contributed by atoms with Crippen LogP contribution in [0.5, 0.6) is 0 Å². The minimum absolute atomic E-state index is 0.417. The van der Waals surface area contributed by atoms with Crippen LogP contribution < -0.4 is 5.32 Å². The van der Waals surface area contributed by atoms with Crippen LogP contribution in [0.3, 0.4) is 0 Å². The second-order valence-corrected chi connectivity index (χ2v) is 9.53. The quantitative estimate of drug-likeness (QED) is 0.271. The van der Waals surface area contributed by atoms with Gasteiger partial charge in [0.2, 0.25) is 0 Å². The van der Waals surface area contributed by atoms with Gasteiger partial charge < -0.3 is 9.73 Å². The van der Waals surface area contributed by atoms with Gasteiger partial charge in [0.25, 0.3) is 0 Å². The highest BCUT2D eigenvalue weighted by molar-refractivity contribution is 6.16. The van der Waals surface area contributed by atoms with Crippen LogP contribution in [-0.4, -0.2) is 11.7 Å². The Morgan fingerprint density at radius 1 is 0.526 bits per heavy atom. The first kappa shape index (κ1) is 22.3. The molecule has 5 aromatic carbocycles. The van der Waals surface area contributed by atoms with Crippen molar-refractivity contribution < 1.29 is 4.42 Å². The lowest BCUT2D eigenvalue weighted by molar-refractivity contribution is 0.667. The van der Waals surface area contributed by atoms with Crippen LogP contribution in [0.1, 0.15) is 28.4 Å². The van der Waals surface area contributed by atoms with Gasteiger partial charge >= 0.3 is 0 Å². The van der Waals surface area contributed by atoms with E-state index in [9.17, 15) is 0 Å². The molecule has 1 unspecified atom stereocenters. The molecular formula is C34H25N3O. The zero-order chi connectivity index (χ0) is 25.5. The predicted octanol–water partition coefficient (Wildman–Crippen LogP) is 8.06. The topological polar surface area (TPSA) is 49.9 Å². The van der Waals surface area contributed by atoms with Gasteiger partial charge in [-0.3, -0.25) is 0 Å². The highest BCUT2D eigenvalue weighted by Gasteiger charge is 2.24. The van der Waals surface area contributed by atoms with Gasteiger partial charge in [-0.2, -0.15) is 0 Å². The Hall–Kier alpha value is -4.96. The van der Waals surface area contributed by atoms with Crippen LogP contribution in [-0.2, 0) is 0 Å². The lowest BCUT2D eigenvalue weighted by Gasteiger charge is -2.23. The standard InChI is InChI=1S/C34H25N3O/c1-22-10-8-16-28-30(22)31-27(15-9-17-29(31)38-28)34-36-32(25-13-6-3-7-14-25)35-33(37-34)26-20-18-24(19-21-26)23-11-4-2-5-12-23/h2-21,34H,1H3,(H,35,36,37). The van der Waals surface area contributed by atoms with Crippen LogP contribution in [0.4, 0.5) is 0 Å². The summed E-state index contributed by atoms with van der Waals surface area (Å²) in [6, 6.07) is 41.5. The predicted molar refractivity (Wildman–Crippen MR) is 156 cm³/mol. The molecule has 1 aliphatic rings. The summed E-state index contributed by atoms with van der Waals surface area (Å²) in [7, 11) is 0. The Morgan fingerprint density at radius 2 is 1.05 bits per heavy atom. The van der Waals surface area contributed by atoms with E-state index < -0.39 is 6.17 Å². The maximum Gasteiger partial charge on any atom is 0.170 e. The number of aliphatic imine (C=N–C) groups is 2. The van der Waals surface area contributed by atoms with Gasteiger partial charge in [-0.15, -0.1) is 0 Å². The van der Waals surface area contributed by atoms with E-state index in [1.165, 1.54) is 16.7 Å². The third-order valence-corrected chi connectivity index (χ3v) is 7.09. The first-order valence-electron chi connectivity index (χ1n) is 12.8. The summed E-state index contributed by atoms with van der Waals surface area (Å²) < 4.78 is 6.23. The first-order chi connectivity index (χ1) is 18.7. The van der Waals surface area contributed by atoms with Crippen LogP contribution in [0.2, 0.25) is 0 Å². The summed E-state index contributed by atoms with van der Waals surface area (Å²) in [5, 5.41) is 5.71. The van der Waals surface area contributed by atoms with E-state index >= 15 is 0 Å². The largest absolute Gasteiger partial charge is 0.456 e. The van der Waals surface area contributed by atoms with Crippen molar-refractivity contribution in [2.45, 2.75) is 13.1 Å². The highest BCUT2D eigenvalue weighted by Crippen LogP contribution is 2.38. The van der Waals surface area contributed by atoms with Gasteiger partial charge in [0, 0.05) is 27.5 Å². The molecule has 4 heteroatoms. The fourth-order valence-electron chi connectivity index (χ4n) is 5.21. The number of benzene rings is 5. The van der Waals surface area contributed by atoms with Crippen molar-refractivity contribution in [1.82, 2.24) is 5.32 Å². The van der Waals surface area contributed by atoms with Crippen molar-refractivity contribution in [1.29, 1.82) is 0 Å². The van der Waals surface area contributed by atoms with Gasteiger partial charge in [-0.05, 0) is 35.7 Å². The summed E-state index contributed by atoms with van der Waals surface area (Å²) in [5.41, 5.74) is 8.34. The van der Waals surface area contributed by atoms with Crippen molar-refractivity contribution >= 4 is 33.6 Å². The first-order valence-corrected chi connectivity index (χ1v) is 12.8. The smallest absolute Gasteiger partial charge is 0.170 e. The molecule has 7 rings (SSSR count). The molecule has 0 amide bonds. The van der Waals surface area contributed by atoms with E-state index in [2.05, 4.69) is 85.0 Å². The summed E-state index contributed by atoms with van der Waals surface area (Å²) >= 11 is 0. The fraction of sp³-hybridized carbons (Fsp3) is 0.0588. The molecule has 2 heterocycles. The number of hydrogen-bond acceptors (Lipinski definition) is 4. The molecule has 0 saturated heterocycles. The summed E-state index contributed by atoms with van der Waals surface area (Å²) in [5.74, 6) is 1.60. The minimum atomic E-state index is -0.417. The number of furan rings is 1. The van der Waals surface area contributed by atoms with Crippen LogP contribution >= 0.6 is 0 Å². The lowest BCUT2D eigenvalue weighted by Crippen LogP contribution is -2.36. The van der Waals surface area contributed by atoms with Crippen molar-refractivity contribution in [2.75, 3.05) is 0 Å². The number of nitrogens with one attached hydrogen (secondary N) is 1. The summed E-state index contributed by atoms with van der Waals surface area (Å²) in [6.45, 7) is 2.12. The molecule has 1 aromatic heterocycles. The van der Waals surface area contributed by atoms with Crippen molar-refractivity contribution in [3.8, 4) is 11.1 Å². The summed E-state index contributed by atoms with van der Waals surface area (Å²) in [6.07, 6.45) is -0.417. The van der Waals surface area contributed by atoms with E-state index in [0.717, 1.165) is 50.3 Å². The monoisotopic (exact) mass is 491 g/mol. The molecule has 0 aliphatic carbocycles. The number of amidine groups is 2. The Labute approximate surface area is 221 Å². The van der Waals surface area contributed by atoms with Gasteiger partial charge in [-0.1, -0.05) is 109 Å². The van der Waals surface area contributed by atoms with Crippen molar-refractivity contribution in [3.05, 3.63) is 144 Å². The Balaban J connectivity index is 1.38. The van der Waals surface area contributed by atoms with Crippen LogP contribution in [0.15, 0.2) is 136 Å². The highest BCUT2D eigenvalue weighted by atomic mass is 16.3. The number of nitrogens with zero attached hydrogens (tertiary/aromatic N) is 2. The second-order valence-electron chi connectivity index (χ2n) is 9.53. The van der Waals surface area contributed by atoms with Crippen molar-refractivity contribution in [2.24, 2.45) is 9.98 Å².